The van der Waals surface area contributed by atoms with Gasteiger partial charge in [0, 0.05) is 39.3 Å². The number of ether oxygens (including phenoxy) is 2. The highest BCUT2D eigenvalue weighted by molar-refractivity contribution is 5.74. The second-order valence-corrected chi connectivity index (χ2v) is 9.83. The highest BCUT2D eigenvalue weighted by Gasteiger charge is 2.41. The number of nitrogens with zero attached hydrogens (tertiary/aromatic N) is 1. The third kappa shape index (κ3) is 8.03. The molecule has 4 N–H and O–H groups in total. The summed E-state index contributed by atoms with van der Waals surface area (Å²) in [4.78, 5) is 14.8. The lowest BCUT2D eigenvalue weighted by Gasteiger charge is -2.43. The number of likely N-dealkylation sites (tertiary alicyclic amines) is 1. The quantitative estimate of drug-likeness (QED) is 0.451. The topological polar surface area (TPSA) is 97.1 Å². The molecule has 1 aromatic rings. The van der Waals surface area contributed by atoms with Gasteiger partial charge in [-0.2, -0.15) is 0 Å². The number of rotatable bonds is 11. The van der Waals surface area contributed by atoms with Crippen molar-refractivity contribution in [2.45, 2.75) is 70.1 Å². The van der Waals surface area contributed by atoms with Crippen molar-refractivity contribution >= 4 is 6.03 Å². The summed E-state index contributed by atoms with van der Waals surface area (Å²) >= 11 is 0. The molecule has 0 aromatic heterocycles. The zero-order valence-electron chi connectivity index (χ0n) is 20.3. The van der Waals surface area contributed by atoms with Crippen LogP contribution in [0.3, 0.4) is 0 Å². The second-order valence-electron chi connectivity index (χ2n) is 9.83. The van der Waals surface area contributed by atoms with Gasteiger partial charge in [-0.1, -0.05) is 30.3 Å². The summed E-state index contributed by atoms with van der Waals surface area (Å²) in [6.07, 6.45) is 4.14. The molecule has 1 fully saturated rings. The minimum Gasteiger partial charge on any atom is -0.385 e. The maximum absolute atomic E-state index is 13.0. The van der Waals surface area contributed by atoms with Gasteiger partial charge in [0.15, 0.2) is 0 Å². The predicted octanol–water partition coefficient (Wildman–Crippen LogP) is 3.25. The summed E-state index contributed by atoms with van der Waals surface area (Å²) in [5, 5.41) is 14.9. The molecule has 182 valence electrons. The number of hydrogen-bond donors (Lipinski definition) is 3. The molecule has 1 aliphatic rings. The van der Waals surface area contributed by atoms with Crippen molar-refractivity contribution in [1.82, 2.24) is 10.2 Å². The fourth-order valence-corrected chi connectivity index (χ4v) is 4.29. The molecular weight excluding hydrogens is 406 g/mol. The smallest absolute Gasteiger partial charge is 0.317 e. The van der Waals surface area contributed by atoms with Crippen molar-refractivity contribution in [3.8, 4) is 0 Å². The Bertz CT molecular complexity index is 680. The molecule has 3 atom stereocenters. The molecule has 7 heteroatoms. The fraction of sp³-hybridized carbons (Fsp3) is 0.720. The summed E-state index contributed by atoms with van der Waals surface area (Å²) in [6.45, 7) is 8.50. The number of benzene rings is 1. The van der Waals surface area contributed by atoms with Gasteiger partial charge in [0.05, 0.1) is 23.9 Å². The number of unbranched alkanes of at least 4 members (excludes halogenated alkanes) is 1. The van der Waals surface area contributed by atoms with Gasteiger partial charge >= 0.3 is 6.03 Å². The minimum atomic E-state index is -0.976. The number of nitrogens with two attached hydrogens (primary N) is 1. The number of amides is 2. The van der Waals surface area contributed by atoms with Gasteiger partial charge in [-0.3, -0.25) is 0 Å². The van der Waals surface area contributed by atoms with Gasteiger partial charge < -0.3 is 30.5 Å². The number of piperidine rings is 1. The van der Waals surface area contributed by atoms with Crippen molar-refractivity contribution in [3.63, 3.8) is 0 Å². The SMILES string of the molecule is COCCCCC(O)(c1ccccc1)C1CCCN(C(=O)NC(CN)COC(C)(C)C)C1. The number of urea groups is 1. The molecule has 0 radical (unpaired) electrons. The molecule has 7 nitrogen and oxygen atoms in total. The molecule has 0 bridgehead atoms. The van der Waals surface area contributed by atoms with E-state index in [1.54, 1.807) is 7.11 Å². The molecule has 2 amide bonds. The molecule has 0 aliphatic carbocycles. The Balaban J connectivity index is 2.07. The van der Waals surface area contributed by atoms with Crippen LogP contribution in [0.4, 0.5) is 4.79 Å². The first-order valence-electron chi connectivity index (χ1n) is 11.9. The molecule has 1 heterocycles. The molecule has 0 spiro atoms. The van der Waals surface area contributed by atoms with Gasteiger partial charge in [0.2, 0.25) is 0 Å². The van der Waals surface area contributed by atoms with Gasteiger partial charge in [-0.25, -0.2) is 4.79 Å². The van der Waals surface area contributed by atoms with Gasteiger partial charge in [0.25, 0.3) is 0 Å². The Labute approximate surface area is 193 Å². The lowest BCUT2D eigenvalue weighted by Crippen LogP contribution is -2.54. The highest BCUT2D eigenvalue weighted by atomic mass is 16.5. The van der Waals surface area contributed by atoms with E-state index >= 15 is 0 Å². The Kier molecular flexibility index (Phi) is 10.4. The van der Waals surface area contributed by atoms with Crippen LogP contribution in [0.15, 0.2) is 30.3 Å². The summed E-state index contributed by atoms with van der Waals surface area (Å²) in [5.41, 5.74) is 5.52. The number of nitrogens with one attached hydrogen (secondary N) is 1. The molecule has 1 aliphatic heterocycles. The monoisotopic (exact) mass is 449 g/mol. The molecular formula is C25H43N3O4. The maximum atomic E-state index is 13.0. The molecule has 3 unspecified atom stereocenters. The van der Waals surface area contributed by atoms with Gasteiger partial charge in [0.1, 0.15) is 0 Å². The summed E-state index contributed by atoms with van der Waals surface area (Å²) in [6, 6.07) is 9.48. The van der Waals surface area contributed by atoms with Crippen molar-refractivity contribution in [2.24, 2.45) is 11.7 Å². The third-order valence-corrected chi connectivity index (χ3v) is 6.14. The van der Waals surface area contributed by atoms with Crippen molar-refractivity contribution < 1.29 is 19.4 Å². The van der Waals surface area contributed by atoms with E-state index in [2.05, 4.69) is 5.32 Å². The molecule has 2 rings (SSSR count). The fourth-order valence-electron chi connectivity index (χ4n) is 4.29. The standard InChI is InChI=1S/C25H43N3O4/c1-24(2,3)32-19-22(17-26)27-23(29)28-15-10-13-21(18-28)25(30,14-8-9-16-31-4)20-11-6-5-7-12-20/h5-7,11-12,21-22,30H,8-10,13-19,26H2,1-4H3,(H,27,29). The van der Waals surface area contributed by atoms with E-state index in [0.717, 1.165) is 31.2 Å². The number of hydrogen-bond acceptors (Lipinski definition) is 5. The lowest BCUT2D eigenvalue weighted by molar-refractivity contribution is -0.0568. The highest BCUT2D eigenvalue weighted by Crippen LogP contribution is 2.39. The van der Waals surface area contributed by atoms with Gasteiger partial charge in [-0.15, -0.1) is 0 Å². The van der Waals surface area contributed by atoms with Crippen molar-refractivity contribution in [1.29, 1.82) is 0 Å². The first kappa shape index (κ1) is 26.6. The Hall–Kier alpha value is -1.67. The third-order valence-electron chi connectivity index (χ3n) is 6.14. The summed E-state index contributed by atoms with van der Waals surface area (Å²) < 4.78 is 11.0. The van der Waals surface area contributed by atoms with Crippen molar-refractivity contribution in [2.75, 3.05) is 40.0 Å². The average molecular weight is 450 g/mol. The van der Waals surface area contributed by atoms with Crippen LogP contribution in [-0.2, 0) is 15.1 Å². The normalized spacial score (nSPS) is 19.9. The zero-order chi connectivity index (χ0) is 23.6. The molecule has 1 saturated heterocycles. The van der Waals surface area contributed by atoms with Crippen molar-refractivity contribution in [3.05, 3.63) is 35.9 Å². The molecule has 1 aromatic carbocycles. The van der Waals surface area contributed by atoms with Crippen LogP contribution in [0.25, 0.3) is 0 Å². The van der Waals surface area contributed by atoms with Crippen LogP contribution in [-0.4, -0.2) is 67.6 Å². The van der Waals surface area contributed by atoms with E-state index in [1.807, 2.05) is 56.0 Å². The maximum Gasteiger partial charge on any atom is 0.317 e. The molecule has 0 saturated carbocycles. The van der Waals surface area contributed by atoms with E-state index in [4.69, 9.17) is 15.2 Å². The Morgan fingerprint density at radius 2 is 2.00 bits per heavy atom. The van der Waals surface area contributed by atoms with Crippen LogP contribution < -0.4 is 11.1 Å². The van der Waals surface area contributed by atoms with E-state index in [1.165, 1.54) is 0 Å². The zero-order valence-corrected chi connectivity index (χ0v) is 20.3. The van der Waals surface area contributed by atoms with Crippen LogP contribution in [0.5, 0.6) is 0 Å². The summed E-state index contributed by atoms with van der Waals surface area (Å²) in [5.74, 6) is -0.0332. The minimum absolute atomic E-state index is 0.0332. The predicted molar refractivity (Wildman–Crippen MR) is 127 cm³/mol. The van der Waals surface area contributed by atoms with E-state index < -0.39 is 5.60 Å². The second kappa shape index (κ2) is 12.5. The average Bonchev–Trinajstić information content (AvgIpc) is 2.79. The number of aliphatic hydroxyl groups is 1. The van der Waals surface area contributed by atoms with Crippen LogP contribution >= 0.6 is 0 Å². The Morgan fingerprint density at radius 3 is 2.62 bits per heavy atom. The van der Waals surface area contributed by atoms with Crippen LogP contribution in [0.2, 0.25) is 0 Å². The summed E-state index contributed by atoms with van der Waals surface area (Å²) in [7, 11) is 1.70. The number of carbonyl (C=O) groups is 1. The Morgan fingerprint density at radius 1 is 1.28 bits per heavy atom. The number of methoxy groups -OCH3 is 1. The number of carbonyl (C=O) groups excluding carboxylic acids is 1. The largest absolute Gasteiger partial charge is 0.385 e. The van der Waals surface area contributed by atoms with Crippen LogP contribution in [0.1, 0.15) is 58.4 Å². The van der Waals surface area contributed by atoms with E-state index in [0.29, 0.717) is 39.3 Å². The first-order chi connectivity index (χ1) is 15.2. The lowest BCUT2D eigenvalue weighted by atomic mass is 9.74. The first-order valence-corrected chi connectivity index (χ1v) is 11.9. The van der Waals surface area contributed by atoms with Crippen LogP contribution in [0, 0.1) is 5.92 Å². The molecule has 32 heavy (non-hydrogen) atoms. The van der Waals surface area contributed by atoms with E-state index in [-0.39, 0.29) is 23.6 Å². The van der Waals surface area contributed by atoms with Gasteiger partial charge in [-0.05, 0) is 58.4 Å². The van der Waals surface area contributed by atoms with E-state index in [9.17, 15) is 9.90 Å².